The molecule has 0 bridgehead atoms. The predicted molar refractivity (Wildman–Crippen MR) is 160 cm³/mol. The van der Waals surface area contributed by atoms with Crippen molar-refractivity contribution in [2.45, 2.75) is 6.92 Å². The molecule has 0 spiro atoms. The van der Waals surface area contributed by atoms with E-state index in [0.29, 0.717) is 0 Å². The molecule has 0 aliphatic heterocycles. The van der Waals surface area contributed by atoms with Crippen molar-refractivity contribution in [2.75, 3.05) is 10.6 Å². The summed E-state index contributed by atoms with van der Waals surface area (Å²) in [5.41, 5.74) is 15.7. The predicted octanol–water partition coefficient (Wildman–Crippen LogP) is 9.60. The van der Waals surface area contributed by atoms with E-state index in [0.717, 1.165) is 33.5 Å². The van der Waals surface area contributed by atoms with Crippen LogP contribution in [-0.4, -0.2) is 0 Å². The quantitative estimate of drug-likeness (QED) is 0.156. The van der Waals surface area contributed by atoms with E-state index >= 15 is 0 Å². The van der Waals surface area contributed by atoms with Crippen molar-refractivity contribution in [3.63, 3.8) is 0 Å². The van der Waals surface area contributed by atoms with Crippen LogP contribution in [0.25, 0.3) is 54.6 Å². The van der Waals surface area contributed by atoms with E-state index in [1.165, 1.54) is 43.8 Å². The second-order valence-electron chi connectivity index (χ2n) is 9.59. The molecule has 0 heterocycles. The average molecular weight is 475 g/mol. The second kappa shape index (κ2) is 8.11. The lowest BCUT2D eigenvalue weighted by atomic mass is 9.92. The molecule has 2 N–H and O–H groups in total. The minimum atomic E-state index is 0.749. The summed E-state index contributed by atoms with van der Waals surface area (Å²) < 4.78 is 0. The number of anilines is 3. The SMILES string of the molecule is C=C(/C=C\C)N(c1ccc2ccccc2c1N)c1c2ccccc2c2c3c(cccc13)-c1ccccc1-2. The number of hydrogen-bond acceptors (Lipinski definition) is 2. The first kappa shape index (κ1) is 21.5. The van der Waals surface area contributed by atoms with Crippen LogP contribution >= 0.6 is 0 Å². The largest absolute Gasteiger partial charge is 0.397 e. The van der Waals surface area contributed by atoms with E-state index in [9.17, 15) is 0 Å². The molecule has 176 valence electrons. The molecular formula is C35H26N2. The zero-order chi connectivity index (χ0) is 25.1. The smallest absolute Gasteiger partial charge is 0.0698 e. The second-order valence-corrected chi connectivity index (χ2v) is 9.59. The summed E-state index contributed by atoms with van der Waals surface area (Å²) in [5.74, 6) is 0. The summed E-state index contributed by atoms with van der Waals surface area (Å²) in [4.78, 5) is 2.25. The van der Waals surface area contributed by atoms with Crippen LogP contribution in [0, 0.1) is 0 Å². The molecule has 7 rings (SSSR count). The Morgan fingerprint density at radius 1 is 0.676 bits per heavy atom. The van der Waals surface area contributed by atoms with Crippen LogP contribution in [0.15, 0.2) is 128 Å². The Bertz CT molecular complexity index is 1930. The third-order valence-corrected chi connectivity index (χ3v) is 7.57. The molecule has 0 atom stereocenters. The highest BCUT2D eigenvalue weighted by Gasteiger charge is 2.28. The normalized spacial score (nSPS) is 12.0. The monoisotopic (exact) mass is 474 g/mol. The van der Waals surface area contributed by atoms with Gasteiger partial charge in [0.2, 0.25) is 0 Å². The van der Waals surface area contributed by atoms with E-state index in [4.69, 9.17) is 5.73 Å². The van der Waals surface area contributed by atoms with Crippen LogP contribution in [0.3, 0.4) is 0 Å². The number of fused-ring (bicyclic) bond motifs is 6. The number of benzene rings is 6. The number of rotatable bonds is 4. The zero-order valence-corrected chi connectivity index (χ0v) is 20.7. The first-order valence-electron chi connectivity index (χ1n) is 12.6. The molecule has 0 radical (unpaired) electrons. The van der Waals surface area contributed by atoms with Gasteiger partial charge in [-0.2, -0.15) is 0 Å². The van der Waals surface area contributed by atoms with Gasteiger partial charge in [0.1, 0.15) is 0 Å². The van der Waals surface area contributed by atoms with Gasteiger partial charge in [0.25, 0.3) is 0 Å². The fourth-order valence-electron chi connectivity index (χ4n) is 6.05. The standard InChI is InChI=1S/C35H26N2/c1-3-11-22(2)37(31-21-20-23-12-4-5-13-24(23)34(31)36)35-29-17-9-8-16-28(29)32-26-15-7-6-14-25(26)27-18-10-19-30(35)33(27)32/h3-21H,2,36H2,1H3/b11-3-. The van der Waals surface area contributed by atoms with Gasteiger partial charge in [0, 0.05) is 27.2 Å². The minimum Gasteiger partial charge on any atom is -0.397 e. The Hall–Kier alpha value is -4.82. The molecule has 0 unspecified atom stereocenters. The minimum absolute atomic E-state index is 0.749. The van der Waals surface area contributed by atoms with E-state index in [1.54, 1.807) is 0 Å². The van der Waals surface area contributed by atoms with Crippen molar-refractivity contribution in [3.8, 4) is 22.3 Å². The molecule has 2 heteroatoms. The van der Waals surface area contributed by atoms with Crippen molar-refractivity contribution >= 4 is 49.4 Å². The van der Waals surface area contributed by atoms with E-state index in [-0.39, 0.29) is 0 Å². The molecule has 0 fully saturated rings. The number of hydrogen-bond donors (Lipinski definition) is 1. The highest BCUT2D eigenvalue weighted by molar-refractivity contribution is 6.29. The van der Waals surface area contributed by atoms with Gasteiger partial charge in [-0.1, -0.05) is 110 Å². The van der Waals surface area contributed by atoms with Crippen LogP contribution in [0.1, 0.15) is 6.92 Å². The lowest BCUT2D eigenvalue weighted by Crippen LogP contribution is -2.17. The molecular weight excluding hydrogens is 448 g/mol. The fourth-order valence-corrected chi connectivity index (χ4v) is 6.05. The van der Waals surface area contributed by atoms with E-state index < -0.39 is 0 Å². The first-order chi connectivity index (χ1) is 18.2. The summed E-state index contributed by atoms with van der Waals surface area (Å²) in [6, 6.07) is 36.7. The Morgan fingerprint density at radius 3 is 2.14 bits per heavy atom. The molecule has 1 aliphatic rings. The first-order valence-corrected chi connectivity index (χ1v) is 12.6. The third kappa shape index (κ3) is 2.99. The number of nitrogen functional groups attached to an aromatic ring is 1. The van der Waals surface area contributed by atoms with E-state index in [2.05, 4.69) is 109 Å². The molecule has 0 saturated carbocycles. The molecule has 0 aromatic heterocycles. The van der Waals surface area contributed by atoms with Gasteiger partial charge in [-0.05, 0) is 52.1 Å². The van der Waals surface area contributed by atoms with E-state index in [1.807, 2.05) is 25.1 Å². The highest BCUT2D eigenvalue weighted by atomic mass is 15.2. The van der Waals surface area contributed by atoms with Crippen molar-refractivity contribution in [3.05, 3.63) is 128 Å². The van der Waals surface area contributed by atoms with Gasteiger partial charge in [-0.25, -0.2) is 0 Å². The van der Waals surface area contributed by atoms with Crippen molar-refractivity contribution in [1.29, 1.82) is 0 Å². The van der Waals surface area contributed by atoms with Crippen molar-refractivity contribution in [2.24, 2.45) is 0 Å². The molecule has 6 aromatic rings. The van der Waals surface area contributed by atoms with Crippen molar-refractivity contribution < 1.29 is 0 Å². The molecule has 2 nitrogen and oxygen atoms in total. The van der Waals surface area contributed by atoms with Gasteiger partial charge in [0.15, 0.2) is 0 Å². The van der Waals surface area contributed by atoms with Crippen LogP contribution < -0.4 is 10.6 Å². The highest BCUT2D eigenvalue weighted by Crippen LogP contribution is 2.55. The summed E-state index contributed by atoms with van der Waals surface area (Å²) in [6.45, 7) is 6.54. The lowest BCUT2D eigenvalue weighted by molar-refractivity contribution is 1.24. The molecule has 37 heavy (non-hydrogen) atoms. The summed E-state index contributed by atoms with van der Waals surface area (Å²) in [6.07, 6.45) is 4.09. The number of allylic oxidation sites excluding steroid dienone is 2. The summed E-state index contributed by atoms with van der Waals surface area (Å²) >= 11 is 0. The van der Waals surface area contributed by atoms with Gasteiger partial charge < -0.3 is 10.6 Å². The fraction of sp³-hybridized carbons (Fsp3) is 0.0286. The molecule has 0 amide bonds. The van der Waals surface area contributed by atoms with Gasteiger partial charge in [-0.3, -0.25) is 0 Å². The van der Waals surface area contributed by atoms with Crippen LogP contribution in [-0.2, 0) is 0 Å². The van der Waals surface area contributed by atoms with Crippen LogP contribution in [0.2, 0.25) is 0 Å². The maximum Gasteiger partial charge on any atom is 0.0698 e. The number of nitrogens with zero attached hydrogens (tertiary/aromatic N) is 1. The maximum atomic E-state index is 6.91. The Balaban J connectivity index is 1.65. The summed E-state index contributed by atoms with van der Waals surface area (Å²) in [5, 5.41) is 7.06. The zero-order valence-electron chi connectivity index (χ0n) is 20.7. The van der Waals surface area contributed by atoms with Crippen LogP contribution in [0.5, 0.6) is 0 Å². The van der Waals surface area contributed by atoms with Crippen molar-refractivity contribution in [1.82, 2.24) is 0 Å². The topological polar surface area (TPSA) is 29.3 Å². The average Bonchev–Trinajstić information content (AvgIpc) is 3.28. The maximum absolute atomic E-state index is 6.91. The van der Waals surface area contributed by atoms with Gasteiger partial charge in [0.05, 0.1) is 17.1 Å². The summed E-state index contributed by atoms with van der Waals surface area (Å²) in [7, 11) is 0. The molecule has 6 aromatic carbocycles. The lowest BCUT2D eigenvalue weighted by Gasteiger charge is -2.30. The Morgan fingerprint density at radius 2 is 1.32 bits per heavy atom. The third-order valence-electron chi connectivity index (χ3n) is 7.57. The molecule has 0 saturated heterocycles. The Kier molecular flexibility index (Phi) is 4.70. The van der Waals surface area contributed by atoms with Crippen LogP contribution in [0.4, 0.5) is 17.1 Å². The molecule has 1 aliphatic carbocycles. The van der Waals surface area contributed by atoms with Gasteiger partial charge >= 0.3 is 0 Å². The number of nitrogens with two attached hydrogens (primary N) is 1. The van der Waals surface area contributed by atoms with Gasteiger partial charge in [-0.15, -0.1) is 0 Å². The Labute approximate surface area is 216 Å².